The molecule has 1 amide bonds. The SMILES string of the molecule is Nc1nn(Cc2ccc(N3CCCC3)nc2)cc1OC(=O)NCc1ccc2c(N)nccc2c1. The van der Waals surface area contributed by atoms with Crippen molar-refractivity contribution in [2.45, 2.75) is 25.9 Å². The molecule has 5 rings (SSSR count). The third kappa shape index (κ3) is 4.70. The van der Waals surface area contributed by atoms with E-state index in [1.165, 1.54) is 12.8 Å². The maximum atomic E-state index is 12.3. The van der Waals surface area contributed by atoms with Crippen LogP contribution >= 0.6 is 0 Å². The molecule has 10 nitrogen and oxygen atoms in total. The molecule has 1 aliphatic heterocycles. The van der Waals surface area contributed by atoms with Crippen molar-refractivity contribution in [3.05, 3.63) is 66.1 Å². The number of rotatable bonds is 6. The molecule has 10 heteroatoms. The first kappa shape index (κ1) is 21.5. The van der Waals surface area contributed by atoms with E-state index in [1.54, 1.807) is 17.1 Å². The number of carbonyl (C=O) groups excluding carboxylic acids is 1. The predicted molar refractivity (Wildman–Crippen MR) is 130 cm³/mol. The highest BCUT2D eigenvalue weighted by molar-refractivity contribution is 5.91. The summed E-state index contributed by atoms with van der Waals surface area (Å²) in [6.07, 6.45) is 6.91. The fraction of sp³-hybridized carbons (Fsp3) is 0.250. The van der Waals surface area contributed by atoms with Crippen molar-refractivity contribution in [1.29, 1.82) is 0 Å². The summed E-state index contributed by atoms with van der Waals surface area (Å²) in [5.41, 5.74) is 13.7. The second-order valence-corrected chi connectivity index (χ2v) is 8.29. The first-order valence-electron chi connectivity index (χ1n) is 11.2. The topological polar surface area (TPSA) is 137 Å². The maximum Gasteiger partial charge on any atom is 0.413 e. The molecule has 4 heterocycles. The Morgan fingerprint density at radius 2 is 1.85 bits per heavy atom. The number of nitrogen functional groups attached to an aromatic ring is 2. The molecule has 1 saturated heterocycles. The van der Waals surface area contributed by atoms with Crippen LogP contribution in [-0.4, -0.2) is 38.9 Å². The van der Waals surface area contributed by atoms with Crippen LogP contribution in [-0.2, 0) is 13.1 Å². The van der Waals surface area contributed by atoms with E-state index in [0.717, 1.165) is 40.8 Å². The minimum atomic E-state index is -0.614. The smallest absolute Gasteiger partial charge is 0.405 e. The van der Waals surface area contributed by atoms with E-state index >= 15 is 0 Å². The largest absolute Gasteiger partial charge is 0.413 e. The molecule has 3 aromatic heterocycles. The highest BCUT2D eigenvalue weighted by Crippen LogP contribution is 2.22. The third-order valence-electron chi connectivity index (χ3n) is 5.84. The number of hydrogen-bond acceptors (Lipinski definition) is 8. The highest BCUT2D eigenvalue weighted by Gasteiger charge is 2.15. The normalized spacial score (nSPS) is 13.4. The van der Waals surface area contributed by atoms with Gasteiger partial charge >= 0.3 is 6.09 Å². The van der Waals surface area contributed by atoms with E-state index in [9.17, 15) is 4.79 Å². The Kier molecular flexibility index (Phi) is 5.86. The van der Waals surface area contributed by atoms with Gasteiger partial charge in [0.2, 0.25) is 0 Å². The Morgan fingerprint density at radius 3 is 2.65 bits per heavy atom. The Morgan fingerprint density at radius 1 is 1.03 bits per heavy atom. The molecule has 0 aliphatic carbocycles. The number of fused-ring (bicyclic) bond motifs is 1. The van der Waals surface area contributed by atoms with Crippen LogP contribution in [0, 0.1) is 0 Å². The van der Waals surface area contributed by atoms with E-state index < -0.39 is 6.09 Å². The Balaban J connectivity index is 1.17. The maximum absolute atomic E-state index is 12.3. The summed E-state index contributed by atoms with van der Waals surface area (Å²) in [6, 6.07) is 11.6. The monoisotopic (exact) mass is 458 g/mol. The number of hydrogen-bond donors (Lipinski definition) is 3. The van der Waals surface area contributed by atoms with Crippen molar-refractivity contribution in [1.82, 2.24) is 25.1 Å². The number of ether oxygens (including phenoxy) is 1. The average molecular weight is 459 g/mol. The lowest BCUT2D eigenvalue weighted by atomic mass is 10.1. The molecule has 0 radical (unpaired) electrons. The summed E-state index contributed by atoms with van der Waals surface area (Å²) in [4.78, 5) is 23.2. The van der Waals surface area contributed by atoms with Crippen LogP contribution < -0.4 is 26.4 Å². The number of aromatic nitrogens is 4. The lowest BCUT2D eigenvalue weighted by Crippen LogP contribution is -2.26. The summed E-state index contributed by atoms with van der Waals surface area (Å²) >= 11 is 0. The third-order valence-corrected chi connectivity index (χ3v) is 5.84. The van der Waals surface area contributed by atoms with Gasteiger partial charge in [-0.05, 0) is 47.6 Å². The van der Waals surface area contributed by atoms with E-state index in [2.05, 4.69) is 25.3 Å². The van der Waals surface area contributed by atoms with E-state index in [4.69, 9.17) is 16.2 Å². The molecule has 0 spiro atoms. The minimum Gasteiger partial charge on any atom is -0.405 e. The van der Waals surface area contributed by atoms with Gasteiger partial charge in [0.15, 0.2) is 11.6 Å². The van der Waals surface area contributed by atoms with Crippen molar-refractivity contribution in [3.63, 3.8) is 0 Å². The zero-order valence-electron chi connectivity index (χ0n) is 18.6. The molecule has 34 heavy (non-hydrogen) atoms. The van der Waals surface area contributed by atoms with Crippen molar-refractivity contribution in [2.24, 2.45) is 0 Å². The molecule has 5 N–H and O–H groups in total. The summed E-state index contributed by atoms with van der Waals surface area (Å²) < 4.78 is 7.00. The molecule has 1 aliphatic rings. The van der Waals surface area contributed by atoms with Crippen molar-refractivity contribution in [3.8, 4) is 5.75 Å². The molecule has 0 saturated carbocycles. The first-order chi connectivity index (χ1) is 16.5. The molecular formula is C24H26N8O2. The van der Waals surface area contributed by atoms with Gasteiger partial charge in [0, 0.05) is 37.4 Å². The molecular weight excluding hydrogens is 432 g/mol. The van der Waals surface area contributed by atoms with Gasteiger partial charge in [0.1, 0.15) is 11.6 Å². The second-order valence-electron chi connectivity index (χ2n) is 8.29. The second kappa shape index (κ2) is 9.26. The quantitative estimate of drug-likeness (QED) is 0.401. The summed E-state index contributed by atoms with van der Waals surface area (Å²) in [7, 11) is 0. The zero-order chi connectivity index (χ0) is 23.5. The summed E-state index contributed by atoms with van der Waals surface area (Å²) in [5.74, 6) is 1.82. The number of anilines is 3. The fourth-order valence-corrected chi connectivity index (χ4v) is 4.08. The average Bonchev–Trinajstić information content (AvgIpc) is 3.49. The lowest BCUT2D eigenvalue weighted by molar-refractivity contribution is 0.200. The number of pyridine rings is 2. The fourth-order valence-electron chi connectivity index (χ4n) is 4.08. The molecule has 174 valence electrons. The van der Waals surface area contributed by atoms with Gasteiger partial charge in [-0.25, -0.2) is 14.8 Å². The van der Waals surface area contributed by atoms with Crippen LogP contribution in [0.1, 0.15) is 24.0 Å². The first-order valence-corrected chi connectivity index (χ1v) is 11.2. The minimum absolute atomic E-state index is 0.144. The number of nitrogens with two attached hydrogens (primary N) is 2. The van der Waals surface area contributed by atoms with Crippen LogP contribution in [0.5, 0.6) is 5.75 Å². The summed E-state index contributed by atoms with van der Waals surface area (Å²) in [5, 5.41) is 8.81. The number of carbonyl (C=O) groups is 1. The van der Waals surface area contributed by atoms with Gasteiger partial charge in [0.25, 0.3) is 0 Å². The van der Waals surface area contributed by atoms with E-state index in [1.807, 2.05) is 42.6 Å². The Hall–Kier alpha value is -4.34. The van der Waals surface area contributed by atoms with Crippen molar-refractivity contribution >= 4 is 34.3 Å². The lowest BCUT2D eigenvalue weighted by Gasteiger charge is -2.16. The highest BCUT2D eigenvalue weighted by atomic mass is 16.6. The molecule has 0 bridgehead atoms. The standard InChI is InChI=1S/C24H26N8O2/c25-22-19-5-3-16(11-18(19)7-8-27-22)12-29-24(33)34-20-15-32(30-23(20)26)14-17-4-6-21(28-13-17)31-9-1-2-10-31/h3-8,11,13,15H,1-2,9-10,12,14H2,(H2,25,27)(H2,26,30)(H,29,33). The Bertz CT molecular complexity index is 1310. The molecule has 0 unspecified atom stereocenters. The molecule has 4 aromatic rings. The number of nitrogens with one attached hydrogen (secondary N) is 1. The van der Waals surface area contributed by atoms with Gasteiger partial charge in [-0.1, -0.05) is 18.2 Å². The number of benzene rings is 1. The van der Waals surface area contributed by atoms with Gasteiger partial charge in [-0.3, -0.25) is 4.68 Å². The molecule has 1 fully saturated rings. The van der Waals surface area contributed by atoms with Gasteiger partial charge in [0.05, 0.1) is 12.7 Å². The van der Waals surface area contributed by atoms with E-state index in [-0.39, 0.29) is 11.6 Å². The summed E-state index contributed by atoms with van der Waals surface area (Å²) in [6.45, 7) is 2.87. The predicted octanol–water partition coefficient (Wildman–Crippen LogP) is 2.93. The number of amides is 1. The van der Waals surface area contributed by atoms with Crippen LogP contribution in [0.25, 0.3) is 10.8 Å². The van der Waals surface area contributed by atoms with Crippen LogP contribution in [0.15, 0.2) is 55.0 Å². The van der Waals surface area contributed by atoms with Gasteiger partial charge in [-0.2, -0.15) is 5.10 Å². The van der Waals surface area contributed by atoms with Gasteiger partial charge < -0.3 is 26.4 Å². The van der Waals surface area contributed by atoms with E-state index in [0.29, 0.717) is 18.9 Å². The zero-order valence-corrected chi connectivity index (χ0v) is 18.6. The Labute approximate surface area is 196 Å². The van der Waals surface area contributed by atoms with Crippen LogP contribution in [0.2, 0.25) is 0 Å². The van der Waals surface area contributed by atoms with Crippen LogP contribution in [0.3, 0.4) is 0 Å². The van der Waals surface area contributed by atoms with Crippen molar-refractivity contribution < 1.29 is 9.53 Å². The van der Waals surface area contributed by atoms with Crippen molar-refractivity contribution in [2.75, 3.05) is 29.5 Å². The van der Waals surface area contributed by atoms with Gasteiger partial charge in [-0.15, -0.1) is 0 Å². The molecule has 0 atom stereocenters. The number of nitrogens with zero attached hydrogens (tertiary/aromatic N) is 5. The van der Waals surface area contributed by atoms with Crippen LogP contribution in [0.4, 0.5) is 22.2 Å². The molecule has 1 aromatic carbocycles.